The average Bonchev–Trinajstić information content (AvgIpc) is 2.46. The van der Waals surface area contributed by atoms with E-state index in [4.69, 9.17) is 6.42 Å². The Hall–Kier alpha value is -0.810. The Kier molecular flexibility index (Phi) is 1.67. The molecule has 1 aromatic heterocycles. The smallest absolute Gasteiger partial charge is 0.167 e. The van der Waals surface area contributed by atoms with Crippen LogP contribution in [0.1, 0.15) is 28.4 Å². The van der Waals surface area contributed by atoms with E-state index in [0.717, 1.165) is 11.4 Å². The fourth-order valence-corrected chi connectivity index (χ4v) is 2.37. The Morgan fingerprint density at radius 1 is 1.36 bits per heavy atom. The van der Waals surface area contributed by atoms with E-state index in [-0.39, 0.29) is 0 Å². The molecule has 0 radical (unpaired) electrons. The molecule has 1 nitrogen and oxygen atoms in total. The molecule has 0 saturated heterocycles. The number of hydrogen-bond donors (Lipinski definition) is 0. The molecule has 0 fully saturated rings. The van der Waals surface area contributed by atoms with Crippen molar-refractivity contribution in [3.05, 3.63) is 15.6 Å². The van der Waals surface area contributed by atoms with Crippen molar-refractivity contribution in [1.29, 1.82) is 0 Å². The van der Waals surface area contributed by atoms with Gasteiger partial charge in [0.1, 0.15) is 0 Å². The summed E-state index contributed by atoms with van der Waals surface area (Å²) in [6, 6.07) is 0. The van der Waals surface area contributed by atoms with Crippen LogP contribution < -0.4 is 0 Å². The van der Waals surface area contributed by atoms with Crippen LogP contribution in [-0.4, -0.2) is 4.98 Å². The maximum absolute atomic E-state index is 5.26. The van der Waals surface area contributed by atoms with E-state index in [0.29, 0.717) is 0 Å². The zero-order valence-electron chi connectivity index (χ0n) is 6.26. The highest BCUT2D eigenvalue weighted by Gasteiger charge is 2.13. The second-order valence-electron chi connectivity index (χ2n) is 2.74. The largest absolute Gasteiger partial charge is 0.232 e. The maximum atomic E-state index is 5.26. The first-order chi connectivity index (χ1) is 5.40. The summed E-state index contributed by atoms with van der Waals surface area (Å²) in [5.74, 6) is 2.59. The maximum Gasteiger partial charge on any atom is 0.167 e. The summed E-state index contributed by atoms with van der Waals surface area (Å²) in [5, 5.41) is 0.858. The number of fused-ring (bicyclic) bond motifs is 1. The molecule has 56 valence electrons. The van der Waals surface area contributed by atoms with Crippen molar-refractivity contribution in [2.45, 2.75) is 25.7 Å². The molecule has 0 bridgehead atoms. The van der Waals surface area contributed by atoms with Gasteiger partial charge in [-0.15, -0.1) is 17.8 Å². The zero-order chi connectivity index (χ0) is 7.68. The number of hydrogen-bond acceptors (Lipinski definition) is 2. The van der Waals surface area contributed by atoms with Crippen LogP contribution in [0.2, 0.25) is 0 Å². The topological polar surface area (TPSA) is 12.9 Å². The summed E-state index contributed by atoms with van der Waals surface area (Å²) in [7, 11) is 0. The Balaban J connectivity index is 2.42. The van der Waals surface area contributed by atoms with Crippen molar-refractivity contribution in [2.24, 2.45) is 0 Å². The minimum Gasteiger partial charge on any atom is -0.232 e. The number of aryl methyl sites for hydroxylation is 2. The van der Waals surface area contributed by atoms with Crippen molar-refractivity contribution in [3.8, 4) is 12.3 Å². The number of nitrogens with zero attached hydrogens (tertiary/aromatic N) is 1. The van der Waals surface area contributed by atoms with Crippen LogP contribution in [0, 0.1) is 12.3 Å². The lowest BCUT2D eigenvalue weighted by Gasteiger charge is -2.06. The Morgan fingerprint density at radius 3 is 2.91 bits per heavy atom. The molecule has 2 heteroatoms. The lowest BCUT2D eigenvalue weighted by molar-refractivity contribution is 0.682. The third kappa shape index (κ3) is 1.17. The van der Waals surface area contributed by atoms with Crippen LogP contribution >= 0.6 is 11.3 Å². The standard InChI is InChI=1S/C9H9NS/c1-2-9-10-7-5-3-4-6-8(7)11-9/h1H,3-6H2. The van der Waals surface area contributed by atoms with Gasteiger partial charge in [0.2, 0.25) is 0 Å². The van der Waals surface area contributed by atoms with E-state index in [2.05, 4.69) is 10.9 Å². The van der Waals surface area contributed by atoms with E-state index < -0.39 is 0 Å². The lowest BCUT2D eigenvalue weighted by atomic mass is 10.0. The number of aromatic nitrogens is 1. The first kappa shape index (κ1) is 6.87. The molecule has 0 amide bonds. The average molecular weight is 163 g/mol. The number of terminal acetylenes is 1. The minimum absolute atomic E-state index is 0.858. The number of thiazole rings is 1. The van der Waals surface area contributed by atoms with Crippen molar-refractivity contribution >= 4 is 11.3 Å². The van der Waals surface area contributed by atoms with Crippen LogP contribution in [0.15, 0.2) is 0 Å². The van der Waals surface area contributed by atoms with Crippen LogP contribution in [-0.2, 0) is 12.8 Å². The summed E-state index contributed by atoms with van der Waals surface area (Å²) in [6.07, 6.45) is 10.2. The molecule has 0 aliphatic heterocycles. The van der Waals surface area contributed by atoms with Gasteiger partial charge in [-0.2, -0.15) is 0 Å². The van der Waals surface area contributed by atoms with Crippen molar-refractivity contribution < 1.29 is 0 Å². The van der Waals surface area contributed by atoms with Gasteiger partial charge in [0.15, 0.2) is 5.01 Å². The van der Waals surface area contributed by atoms with Crippen LogP contribution in [0.4, 0.5) is 0 Å². The first-order valence-corrected chi connectivity index (χ1v) is 4.67. The predicted octanol–water partition coefficient (Wildman–Crippen LogP) is 2.00. The Morgan fingerprint density at radius 2 is 2.18 bits per heavy atom. The Labute approximate surface area is 70.5 Å². The third-order valence-corrected chi connectivity index (χ3v) is 3.06. The minimum atomic E-state index is 0.858. The summed E-state index contributed by atoms with van der Waals surface area (Å²) in [6.45, 7) is 0. The molecule has 1 heterocycles. The molecule has 0 saturated carbocycles. The fourth-order valence-electron chi connectivity index (χ4n) is 1.41. The van der Waals surface area contributed by atoms with E-state index in [1.807, 2.05) is 0 Å². The molecule has 11 heavy (non-hydrogen) atoms. The second kappa shape index (κ2) is 2.67. The van der Waals surface area contributed by atoms with Gasteiger partial charge >= 0.3 is 0 Å². The molecule has 0 atom stereocenters. The van der Waals surface area contributed by atoms with E-state index in [1.165, 1.54) is 29.8 Å². The van der Waals surface area contributed by atoms with Crippen LogP contribution in [0.3, 0.4) is 0 Å². The molecule has 1 aromatic rings. The van der Waals surface area contributed by atoms with Gasteiger partial charge in [-0.05, 0) is 31.6 Å². The van der Waals surface area contributed by atoms with Gasteiger partial charge in [0.25, 0.3) is 0 Å². The van der Waals surface area contributed by atoms with Crippen molar-refractivity contribution in [2.75, 3.05) is 0 Å². The van der Waals surface area contributed by atoms with Gasteiger partial charge in [0.05, 0.1) is 5.69 Å². The summed E-state index contributed by atoms with van der Waals surface area (Å²) >= 11 is 1.69. The lowest BCUT2D eigenvalue weighted by Crippen LogP contribution is -1.98. The molecular weight excluding hydrogens is 154 g/mol. The molecule has 0 spiro atoms. The van der Waals surface area contributed by atoms with Gasteiger partial charge in [-0.3, -0.25) is 0 Å². The SMILES string of the molecule is C#Cc1nc2c(s1)CCCC2. The zero-order valence-corrected chi connectivity index (χ0v) is 7.08. The summed E-state index contributed by atoms with van der Waals surface area (Å²) in [4.78, 5) is 5.77. The molecule has 0 unspecified atom stereocenters. The van der Waals surface area contributed by atoms with Crippen molar-refractivity contribution in [1.82, 2.24) is 4.98 Å². The Bertz CT molecular complexity index is 282. The van der Waals surface area contributed by atoms with Crippen LogP contribution in [0.5, 0.6) is 0 Å². The molecule has 0 aromatic carbocycles. The normalized spacial score (nSPS) is 15.5. The monoisotopic (exact) mass is 163 g/mol. The molecule has 2 rings (SSSR count). The fraction of sp³-hybridized carbons (Fsp3) is 0.444. The van der Waals surface area contributed by atoms with Crippen LogP contribution in [0.25, 0.3) is 0 Å². The molecule has 1 aliphatic rings. The first-order valence-electron chi connectivity index (χ1n) is 3.85. The second-order valence-corrected chi connectivity index (χ2v) is 3.82. The molecule has 0 N–H and O–H groups in total. The molecule has 1 aliphatic carbocycles. The van der Waals surface area contributed by atoms with Gasteiger partial charge in [0, 0.05) is 4.88 Å². The van der Waals surface area contributed by atoms with E-state index in [1.54, 1.807) is 11.3 Å². The summed E-state index contributed by atoms with van der Waals surface area (Å²) < 4.78 is 0. The van der Waals surface area contributed by atoms with Crippen molar-refractivity contribution in [3.63, 3.8) is 0 Å². The van der Waals surface area contributed by atoms with Gasteiger partial charge < -0.3 is 0 Å². The summed E-state index contributed by atoms with van der Waals surface area (Å²) in [5.41, 5.74) is 1.26. The number of rotatable bonds is 0. The molecular formula is C9H9NS. The highest BCUT2D eigenvalue weighted by Crippen LogP contribution is 2.25. The predicted molar refractivity (Wildman–Crippen MR) is 46.7 cm³/mol. The third-order valence-electron chi connectivity index (χ3n) is 1.97. The highest BCUT2D eigenvalue weighted by molar-refractivity contribution is 7.12. The highest BCUT2D eigenvalue weighted by atomic mass is 32.1. The quantitative estimate of drug-likeness (QED) is 0.533. The van der Waals surface area contributed by atoms with E-state index >= 15 is 0 Å². The van der Waals surface area contributed by atoms with Gasteiger partial charge in [-0.25, -0.2) is 4.98 Å². The van der Waals surface area contributed by atoms with Gasteiger partial charge in [-0.1, -0.05) is 0 Å². The van der Waals surface area contributed by atoms with E-state index in [9.17, 15) is 0 Å².